The summed E-state index contributed by atoms with van der Waals surface area (Å²) in [5.41, 5.74) is 2.47. The van der Waals surface area contributed by atoms with Crippen LogP contribution in [-0.4, -0.2) is 32.9 Å². The van der Waals surface area contributed by atoms with Gasteiger partial charge in [0.25, 0.3) is 5.91 Å². The molecule has 0 heterocycles. The van der Waals surface area contributed by atoms with Crippen LogP contribution in [0.15, 0.2) is 35.2 Å². The van der Waals surface area contributed by atoms with E-state index >= 15 is 0 Å². The van der Waals surface area contributed by atoms with E-state index in [9.17, 15) is 18.0 Å². The minimum absolute atomic E-state index is 0.0737. The molecule has 7 nitrogen and oxygen atoms in total. The van der Waals surface area contributed by atoms with E-state index in [0.717, 1.165) is 42.9 Å². The number of amides is 1. The van der Waals surface area contributed by atoms with E-state index in [2.05, 4.69) is 10.0 Å². The summed E-state index contributed by atoms with van der Waals surface area (Å²) in [5.74, 6) is -1.44. The van der Waals surface area contributed by atoms with Crippen LogP contribution in [0.5, 0.6) is 0 Å². The van der Waals surface area contributed by atoms with Gasteiger partial charge in [-0.3, -0.25) is 4.79 Å². The molecular formula is C22H24Cl2N2O5S. The highest BCUT2D eigenvalue weighted by molar-refractivity contribution is 7.89. The van der Waals surface area contributed by atoms with Gasteiger partial charge < -0.3 is 10.1 Å². The lowest BCUT2D eigenvalue weighted by Crippen LogP contribution is -2.26. The molecular weight excluding hydrogens is 475 g/mol. The van der Waals surface area contributed by atoms with Crippen molar-refractivity contribution in [1.29, 1.82) is 0 Å². The van der Waals surface area contributed by atoms with Crippen LogP contribution in [0.4, 0.5) is 5.69 Å². The number of sulfonamides is 1. The second-order valence-corrected chi connectivity index (χ2v) is 9.94. The number of rotatable bonds is 9. The van der Waals surface area contributed by atoms with Gasteiger partial charge in [0.15, 0.2) is 6.61 Å². The van der Waals surface area contributed by atoms with Gasteiger partial charge >= 0.3 is 5.97 Å². The molecule has 1 saturated carbocycles. The molecule has 0 spiro atoms. The fraction of sp³-hybridized carbons (Fsp3) is 0.364. The first-order valence-corrected chi connectivity index (χ1v) is 12.5. The minimum Gasteiger partial charge on any atom is -0.452 e. The van der Waals surface area contributed by atoms with Crippen LogP contribution in [-0.2, 0) is 32.4 Å². The van der Waals surface area contributed by atoms with Crippen LogP contribution < -0.4 is 10.0 Å². The van der Waals surface area contributed by atoms with Gasteiger partial charge in [0.2, 0.25) is 10.0 Å². The van der Waals surface area contributed by atoms with E-state index in [1.807, 2.05) is 32.0 Å². The Morgan fingerprint density at radius 2 is 1.69 bits per heavy atom. The highest BCUT2D eigenvalue weighted by Gasteiger charge is 2.30. The summed E-state index contributed by atoms with van der Waals surface area (Å²) in [5, 5.41) is 2.62. The number of nitrogens with one attached hydrogen (secondary N) is 2. The van der Waals surface area contributed by atoms with Crippen molar-refractivity contribution >= 4 is 50.8 Å². The molecule has 1 fully saturated rings. The van der Waals surface area contributed by atoms with E-state index < -0.39 is 28.5 Å². The molecule has 2 aromatic carbocycles. The van der Waals surface area contributed by atoms with Gasteiger partial charge in [-0.05, 0) is 48.9 Å². The number of aryl methyl sites for hydroxylation is 2. The van der Waals surface area contributed by atoms with E-state index in [4.69, 9.17) is 27.9 Å². The van der Waals surface area contributed by atoms with E-state index in [-0.39, 0.29) is 26.5 Å². The molecule has 10 heteroatoms. The molecule has 0 aromatic heterocycles. The summed E-state index contributed by atoms with van der Waals surface area (Å²) in [6.45, 7) is 3.41. The van der Waals surface area contributed by atoms with Gasteiger partial charge in [0, 0.05) is 11.7 Å². The molecule has 2 aromatic rings. The Bertz CT molecular complexity index is 1130. The molecule has 0 unspecified atom stereocenters. The van der Waals surface area contributed by atoms with Crippen molar-refractivity contribution in [2.75, 3.05) is 11.9 Å². The number of ether oxygens (including phenoxy) is 1. The monoisotopic (exact) mass is 498 g/mol. The van der Waals surface area contributed by atoms with Crippen molar-refractivity contribution in [1.82, 2.24) is 4.72 Å². The molecule has 32 heavy (non-hydrogen) atoms. The minimum atomic E-state index is -3.92. The Morgan fingerprint density at radius 3 is 2.25 bits per heavy atom. The van der Waals surface area contributed by atoms with Gasteiger partial charge in [-0.25, -0.2) is 17.9 Å². The summed E-state index contributed by atoms with van der Waals surface area (Å²) >= 11 is 12.1. The van der Waals surface area contributed by atoms with Crippen molar-refractivity contribution in [2.45, 2.75) is 50.5 Å². The SMILES string of the molecule is CCc1cccc(CC)c1NC(=O)COC(=O)c1cc(S(=O)(=O)NC2CC2)c(Cl)cc1Cl. The predicted molar refractivity (Wildman–Crippen MR) is 124 cm³/mol. The zero-order valence-corrected chi connectivity index (χ0v) is 20.0. The summed E-state index contributed by atoms with van der Waals surface area (Å²) in [6.07, 6.45) is 2.95. The van der Waals surface area contributed by atoms with Gasteiger partial charge in [-0.1, -0.05) is 55.2 Å². The number of carbonyl (C=O) groups is 2. The number of esters is 1. The molecule has 1 amide bonds. The van der Waals surface area contributed by atoms with Crippen LogP contribution in [0.2, 0.25) is 10.0 Å². The van der Waals surface area contributed by atoms with Crippen molar-refractivity contribution in [3.8, 4) is 0 Å². The molecule has 2 N–H and O–H groups in total. The third-order valence-electron chi connectivity index (χ3n) is 5.03. The number of hydrogen-bond acceptors (Lipinski definition) is 5. The zero-order chi connectivity index (χ0) is 23.5. The standard InChI is InChI=1S/C22H24Cl2N2O5S/c1-3-13-6-5-7-14(4-2)21(13)25-20(27)12-31-22(28)16-10-19(18(24)11-17(16)23)32(29,30)26-15-8-9-15/h5-7,10-11,15,26H,3-4,8-9,12H2,1-2H3,(H,25,27). The second kappa shape index (κ2) is 10.2. The molecule has 0 radical (unpaired) electrons. The number of hydrogen-bond donors (Lipinski definition) is 2. The molecule has 1 aliphatic carbocycles. The number of benzene rings is 2. The number of carbonyl (C=O) groups excluding carboxylic acids is 2. The van der Waals surface area contributed by atoms with Crippen LogP contribution in [0.3, 0.4) is 0 Å². The molecule has 172 valence electrons. The average Bonchev–Trinajstić information content (AvgIpc) is 3.55. The molecule has 0 aliphatic heterocycles. The lowest BCUT2D eigenvalue weighted by atomic mass is 10.0. The summed E-state index contributed by atoms with van der Waals surface area (Å²) in [7, 11) is -3.92. The molecule has 1 aliphatic rings. The Kier molecular flexibility index (Phi) is 7.82. The first kappa shape index (κ1) is 24.5. The van der Waals surface area contributed by atoms with Crippen LogP contribution in [0.25, 0.3) is 0 Å². The first-order valence-electron chi connectivity index (χ1n) is 10.2. The topological polar surface area (TPSA) is 102 Å². The second-order valence-electron chi connectivity index (χ2n) is 7.44. The number of anilines is 1. The fourth-order valence-corrected chi connectivity index (χ4v) is 5.32. The zero-order valence-electron chi connectivity index (χ0n) is 17.7. The maximum absolute atomic E-state index is 12.5. The molecule has 0 bridgehead atoms. The normalized spacial score (nSPS) is 13.6. The first-order chi connectivity index (χ1) is 15.2. The molecule has 3 rings (SSSR count). The molecule has 0 saturated heterocycles. The van der Waals surface area contributed by atoms with Crippen LogP contribution >= 0.6 is 23.2 Å². The van der Waals surface area contributed by atoms with Crippen LogP contribution in [0.1, 0.15) is 48.2 Å². The Labute approximate surface area is 197 Å². The quantitative estimate of drug-likeness (QED) is 0.500. The van der Waals surface area contributed by atoms with Gasteiger partial charge in [-0.2, -0.15) is 0 Å². The average molecular weight is 499 g/mol. The number of para-hydroxylation sites is 1. The third-order valence-corrected chi connectivity index (χ3v) is 7.33. The Balaban J connectivity index is 1.72. The predicted octanol–water partition coefficient (Wildman–Crippen LogP) is 4.35. The van der Waals surface area contributed by atoms with Gasteiger partial charge in [0.1, 0.15) is 4.90 Å². The highest BCUT2D eigenvalue weighted by Crippen LogP contribution is 2.31. The van der Waals surface area contributed by atoms with Crippen molar-refractivity contribution in [3.63, 3.8) is 0 Å². The highest BCUT2D eigenvalue weighted by atomic mass is 35.5. The molecule has 0 atom stereocenters. The van der Waals surface area contributed by atoms with Crippen molar-refractivity contribution in [3.05, 3.63) is 57.1 Å². The van der Waals surface area contributed by atoms with Crippen molar-refractivity contribution < 1.29 is 22.7 Å². The van der Waals surface area contributed by atoms with Crippen molar-refractivity contribution in [2.24, 2.45) is 0 Å². The van der Waals surface area contributed by atoms with Gasteiger partial charge in [-0.15, -0.1) is 0 Å². The Morgan fingerprint density at radius 1 is 1.06 bits per heavy atom. The fourth-order valence-electron chi connectivity index (χ4n) is 3.16. The lowest BCUT2D eigenvalue weighted by Gasteiger charge is -2.15. The number of halogens is 2. The maximum atomic E-state index is 12.5. The van der Waals surface area contributed by atoms with E-state index in [1.54, 1.807) is 0 Å². The smallest absolute Gasteiger partial charge is 0.340 e. The maximum Gasteiger partial charge on any atom is 0.340 e. The van der Waals surface area contributed by atoms with Crippen LogP contribution in [0, 0.1) is 0 Å². The lowest BCUT2D eigenvalue weighted by molar-refractivity contribution is -0.119. The van der Waals surface area contributed by atoms with E-state index in [0.29, 0.717) is 5.69 Å². The summed E-state index contributed by atoms with van der Waals surface area (Å²) in [4.78, 5) is 24.7. The van der Waals surface area contributed by atoms with Gasteiger partial charge in [0.05, 0.1) is 15.6 Å². The largest absolute Gasteiger partial charge is 0.452 e. The third kappa shape index (κ3) is 5.81. The summed E-state index contributed by atoms with van der Waals surface area (Å²) < 4.78 is 32.6. The van der Waals surface area contributed by atoms with E-state index in [1.165, 1.54) is 6.07 Å². The summed E-state index contributed by atoms with van der Waals surface area (Å²) in [6, 6.07) is 7.88. The Hall–Kier alpha value is -2.13.